The first-order chi connectivity index (χ1) is 8.00. The lowest BCUT2D eigenvalue weighted by Crippen LogP contribution is -2.34. The SMILES string of the molecule is Cc1c(N2CCCC(C)C2)cc(Cl)c(N)c1C. The highest BCUT2D eigenvalue weighted by Crippen LogP contribution is 2.35. The van der Waals surface area contributed by atoms with Gasteiger partial charge < -0.3 is 10.6 Å². The number of anilines is 2. The van der Waals surface area contributed by atoms with Gasteiger partial charge in [0.15, 0.2) is 0 Å². The molecule has 1 aromatic rings. The van der Waals surface area contributed by atoms with E-state index in [2.05, 4.69) is 18.7 Å². The summed E-state index contributed by atoms with van der Waals surface area (Å²) in [4.78, 5) is 2.45. The van der Waals surface area contributed by atoms with Crippen molar-refractivity contribution in [3.8, 4) is 0 Å². The molecule has 1 aliphatic rings. The molecule has 2 N–H and O–H groups in total. The fraction of sp³-hybridized carbons (Fsp3) is 0.571. The number of benzene rings is 1. The Bertz CT molecular complexity index is 429. The Kier molecular flexibility index (Phi) is 3.53. The van der Waals surface area contributed by atoms with Crippen LogP contribution in [-0.2, 0) is 0 Å². The molecule has 2 nitrogen and oxygen atoms in total. The molecule has 0 saturated carbocycles. The first-order valence-electron chi connectivity index (χ1n) is 6.30. The lowest BCUT2D eigenvalue weighted by molar-refractivity contribution is 0.446. The molecule has 94 valence electrons. The maximum absolute atomic E-state index is 6.20. The van der Waals surface area contributed by atoms with E-state index in [0.717, 1.165) is 30.3 Å². The molecule has 1 heterocycles. The summed E-state index contributed by atoms with van der Waals surface area (Å²) in [5.74, 6) is 0.764. The fourth-order valence-electron chi connectivity index (χ4n) is 2.62. The molecular weight excluding hydrogens is 232 g/mol. The maximum Gasteiger partial charge on any atom is 0.0658 e. The van der Waals surface area contributed by atoms with Crippen molar-refractivity contribution in [2.45, 2.75) is 33.6 Å². The molecule has 17 heavy (non-hydrogen) atoms. The number of hydrogen-bond acceptors (Lipinski definition) is 2. The summed E-state index contributed by atoms with van der Waals surface area (Å²) in [5, 5.41) is 0.682. The van der Waals surface area contributed by atoms with E-state index in [4.69, 9.17) is 17.3 Å². The van der Waals surface area contributed by atoms with Gasteiger partial charge in [0.25, 0.3) is 0 Å². The first-order valence-corrected chi connectivity index (χ1v) is 6.68. The largest absolute Gasteiger partial charge is 0.397 e. The van der Waals surface area contributed by atoms with Gasteiger partial charge >= 0.3 is 0 Å². The quantitative estimate of drug-likeness (QED) is 0.771. The minimum absolute atomic E-state index is 0.682. The highest BCUT2D eigenvalue weighted by molar-refractivity contribution is 6.33. The average Bonchev–Trinajstić information content (AvgIpc) is 2.31. The third-order valence-electron chi connectivity index (χ3n) is 3.87. The number of nitrogen functional groups attached to an aromatic ring is 1. The summed E-state index contributed by atoms with van der Waals surface area (Å²) >= 11 is 6.20. The molecule has 1 unspecified atom stereocenters. The zero-order valence-corrected chi connectivity index (χ0v) is 11.6. The van der Waals surface area contributed by atoms with E-state index in [0.29, 0.717) is 5.02 Å². The summed E-state index contributed by atoms with van der Waals surface area (Å²) in [5.41, 5.74) is 10.3. The number of halogens is 1. The van der Waals surface area contributed by atoms with Gasteiger partial charge in [-0.25, -0.2) is 0 Å². The van der Waals surface area contributed by atoms with Crippen molar-refractivity contribution >= 4 is 23.0 Å². The van der Waals surface area contributed by atoms with Crippen LogP contribution in [0.1, 0.15) is 30.9 Å². The van der Waals surface area contributed by atoms with E-state index < -0.39 is 0 Å². The Balaban J connectivity index is 2.38. The fourth-order valence-corrected chi connectivity index (χ4v) is 2.86. The van der Waals surface area contributed by atoms with Crippen LogP contribution in [0.2, 0.25) is 5.02 Å². The van der Waals surface area contributed by atoms with Crippen LogP contribution in [0.3, 0.4) is 0 Å². The molecule has 0 aliphatic carbocycles. The van der Waals surface area contributed by atoms with Crippen molar-refractivity contribution in [1.82, 2.24) is 0 Å². The predicted octanol–water partition coefficient (Wildman–Crippen LogP) is 3.78. The molecule has 1 aromatic carbocycles. The van der Waals surface area contributed by atoms with Crippen LogP contribution in [0.5, 0.6) is 0 Å². The molecule has 3 heteroatoms. The minimum atomic E-state index is 0.682. The lowest BCUT2D eigenvalue weighted by Gasteiger charge is -2.34. The van der Waals surface area contributed by atoms with Crippen molar-refractivity contribution < 1.29 is 0 Å². The molecule has 1 saturated heterocycles. The van der Waals surface area contributed by atoms with E-state index in [1.54, 1.807) is 0 Å². The molecular formula is C14H21ClN2. The molecule has 0 bridgehead atoms. The number of rotatable bonds is 1. The third kappa shape index (κ3) is 2.37. The van der Waals surface area contributed by atoms with E-state index in [-0.39, 0.29) is 0 Å². The first kappa shape index (κ1) is 12.6. The van der Waals surface area contributed by atoms with Crippen LogP contribution >= 0.6 is 11.6 Å². The Morgan fingerprint density at radius 2 is 2.06 bits per heavy atom. The molecule has 1 aliphatic heterocycles. The van der Waals surface area contributed by atoms with Gasteiger partial charge in [-0.3, -0.25) is 0 Å². The van der Waals surface area contributed by atoms with Crippen molar-refractivity contribution in [2.24, 2.45) is 5.92 Å². The predicted molar refractivity (Wildman–Crippen MR) is 75.9 cm³/mol. The van der Waals surface area contributed by atoms with Gasteiger partial charge in [-0.15, -0.1) is 0 Å². The highest BCUT2D eigenvalue weighted by Gasteiger charge is 2.20. The molecule has 0 spiro atoms. The summed E-state index contributed by atoms with van der Waals surface area (Å²) in [6.45, 7) is 8.75. The summed E-state index contributed by atoms with van der Waals surface area (Å²) in [7, 11) is 0. The van der Waals surface area contributed by atoms with Crippen LogP contribution in [0.4, 0.5) is 11.4 Å². The Morgan fingerprint density at radius 3 is 2.71 bits per heavy atom. The number of nitrogens with two attached hydrogens (primary N) is 1. The second-order valence-electron chi connectivity index (χ2n) is 5.23. The number of piperidine rings is 1. The summed E-state index contributed by atoms with van der Waals surface area (Å²) < 4.78 is 0. The number of nitrogens with zero attached hydrogens (tertiary/aromatic N) is 1. The Hall–Kier alpha value is -0.890. The van der Waals surface area contributed by atoms with Crippen molar-refractivity contribution in [3.05, 3.63) is 22.2 Å². The Morgan fingerprint density at radius 1 is 1.35 bits per heavy atom. The smallest absolute Gasteiger partial charge is 0.0658 e. The average molecular weight is 253 g/mol. The second kappa shape index (κ2) is 4.77. The lowest BCUT2D eigenvalue weighted by atomic mass is 9.97. The second-order valence-corrected chi connectivity index (χ2v) is 5.64. The molecule has 2 rings (SSSR count). The van der Waals surface area contributed by atoms with Crippen LogP contribution < -0.4 is 10.6 Å². The van der Waals surface area contributed by atoms with Crippen LogP contribution in [0.25, 0.3) is 0 Å². The van der Waals surface area contributed by atoms with Gasteiger partial charge in [-0.05, 0) is 49.8 Å². The van der Waals surface area contributed by atoms with Crippen LogP contribution in [0.15, 0.2) is 6.07 Å². The highest BCUT2D eigenvalue weighted by atomic mass is 35.5. The molecule has 0 aromatic heterocycles. The van der Waals surface area contributed by atoms with Crippen molar-refractivity contribution in [1.29, 1.82) is 0 Å². The molecule has 0 amide bonds. The standard InChI is InChI=1S/C14H21ClN2/c1-9-5-4-6-17(8-9)13-7-12(15)14(16)11(3)10(13)2/h7,9H,4-6,8,16H2,1-3H3. The minimum Gasteiger partial charge on any atom is -0.397 e. The van der Waals surface area contributed by atoms with E-state index in [1.807, 2.05) is 13.0 Å². The topological polar surface area (TPSA) is 29.3 Å². The van der Waals surface area contributed by atoms with E-state index in [1.165, 1.54) is 24.1 Å². The molecule has 0 radical (unpaired) electrons. The van der Waals surface area contributed by atoms with Gasteiger partial charge in [0.1, 0.15) is 0 Å². The van der Waals surface area contributed by atoms with Crippen LogP contribution in [-0.4, -0.2) is 13.1 Å². The van der Waals surface area contributed by atoms with Crippen molar-refractivity contribution in [3.63, 3.8) is 0 Å². The van der Waals surface area contributed by atoms with Crippen LogP contribution in [0, 0.1) is 19.8 Å². The Labute approximate surface area is 109 Å². The maximum atomic E-state index is 6.20. The summed E-state index contributed by atoms with van der Waals surface area (Å²) in [6.07, 6.45) is 2.60. The van der Waals surface area contributed by atoms with Gasteiger partial charge in [0, 0.05) is 18.8 Å². The van der Waals surface area contributed by atoms with E-state index in [9.17, 15) is 0 Å². The van der Waals surface area contributed by atoms with Gasteiger partial charge in [-0.2, -0.15) is 0 Å². The molecule has 1 fully saturated rings. The summed E-state index contributed by atoms with van der Waals surface area (Å²) in [6, 6.07) is 2.03. The zero-order valence-electron chi connectivity index (χ0n) is 10.9. The molecule has 1 atom stereocenters. The normalized spacial score (nSPS) is 20.7. The zero-order chi connectivity index (χ0) is 12.6. The monoisotopic (exact) mass is 252 g/mol. The van der Waals surface area contributed by atoms with Gasteiger partial charge in [0.2, 0.25) is 0 Å². The van der Waals surface area contributed by atoms with Gasteiger partial charge in [0.05, 0.1) is 10.7 Å². The van der Waals surface area contributed by atoms with Crippen molar-refractivity contribution in [2.75, 3.05) is 23.7 Å². The van der Waals surface area contributed by atoms with Gasteiger partial charge in [-0.1, -0.05) is 18.5 Å². The van der Waals surface area contributed by atoms with E-state index >= 15 is 0 Å². The third-order valence-corrected chi connectivity index (χ3v) is 4.18. The number of hydrogen-bond donors (Lipinski definition) is 1.